The van der Waals surface area contributed by atoms with E-state index in [1.807, 2.05) is 41.5 Å². The Labute approximate surface area is 143 Å². The fourth-order valence-electron chi connectivity index (χ4n) is 1.70. The summed E-state index contributed by atoms with van der Waals surface area (Å²) in [6, 6.07) is 0. The van der Waals surface area contributed by atoms with Gasteiger partial charge in [0.2, 0.25) is 0 Å². The third-order valence-corrected chi connectivity index (χ3v) is 6.48. The fraction of sp³-hybridized carbons (Fsp3) is 1.00. The summed E-state index contributed by atoms with van der Waals surface area (Å²) in [6.45, 7) is 18.4. The van der Waals surface area contributed by atoms with E-state index in [2.05, 4.69) is 32.4 Å². The van der Waals surface area contributed by atoms with Crippen molar-refractivity contribution in [2.75, 3.05) is 0 Å². The molecule has 0 N–H and O–H groups in total. The summed E-state index contributed by atoms with van der Waals surface area (Å²) in [5.41, 5.74) is -0.840. The maximum atomic E-state index is 6.26. The summed E-state index contributed by atoms with van der Waals surface area (Å²) in [4.78, 5) is 0.280. The number of thiol groups is 1. The first-order valence-corrected chi connectivity index (χ1v) is 10.6. The molecule has 0 aliphatic rings. The van der Waals surface area contributed by atoms with E-state index in [9.17, 15) is 0 Å². The van der Waals surface area contributed by atoms with E-state index < -0.39 is 6.29 Å². The van der Waals surface area contributed by atoms with Gasteiger partial charge in [0.05, 0.1) is 16.8 Å². The first-order valence-electron chi connectivity index (χ1n) is 7.48. The molecule has 3 nitrogen and oxygen atoms in total. The van der Waals surface area contributed by atoms with Gasteiger partial charge in [0.15, 0.2) is 6.29 Å². The summed E-state index contributed by atoms with van der Waals surface area (Å²) in [5, 5.41) is 0. The highest BCUT2D eigenvalue weighted by molar-refractivity contribution is 8.69. The highest BCUT2D eigenvalue weighted by Crippen LogP contribution is 2.30. The molecule has 21 heavy (non-hydrogen) atoms. The Morgan fingerprint density at radius 2 is 1.10 bits per heavy atom. The standard InChI is InChI=1S/C15H34O3S2Si/c1-13(2,3)16-10(12(21)20-19)11(17-14(4,5)6)18-15(7,8)9/h10-12,19H,1-9,21H3. The van der Waals surface area contributed by atoms with E-state index in [0.717, 1.165) is 10.2 Å². The molecule has 0 heterocycles. The lowest BCUT2D eigenvalue weighted by atomic mass is 10.1. The van der Waals surface area contributed by atoms with Gasteiger partial charge in [0, 0.05) is 15.1 Å². The van der Waals surface area contributed by atoms with Crippen molar-refractivity contribution in [3.05, 3.63) is 0 Å². The average molecular weight is 355 g/mol. The molecule has 2 atom stereocenters. The Kier molecular flexibility index (Phi) is 8.37. The number of rotatable bonds is 6. The third kappa shape index (κ3) is 11.0. The van der Waals surface area contributed by atoms with E-state index in [1.54, 1.807) is 0 Å². The Morgan fingerprint density at radius 3 is 1.33 bits per heavy atom. The highest BCUT2D eigenvalue weighted by Gasteiger charge is 2.37. The van der Waals surface area contributed by atoms with E-state index in [1.165, 1.54) is 10.8 Å². The van der Waals surface area contributed by atoms with Crippen molar-refractivity contribution in [2.24, 2.45) is 0 Å². The highest BCUT2D eigenvalue weighted by atomic mass is 33.1. The first-order chi connectivity index (χ1) is 9.14. The molecule has 0 saturated carbocycles. The number of hydrogen-bond donors (Lipinski definition) is 1. The van der Waals surface area contributed by atoms with Crippen LogP contribution in [0, 0.1) is 0 Å². The molecule has 0 radical (unpaired) electrons. The molecule has 0 spiro atoms. The largest absolute Gasteiger partial charge is 0.366 e. The van der Waals surface area contributed by atoms with E-state index in [0.29, 0.717) is 0 Å². The second-order valence-electron chi connectivity index (χ2n) is 8.33. The van der Waals surface area contributed by atoms with Crippen molar-refractivity contribution in [2.45, 2.75) is 96.4 Å². The van der Waals surface area contributed by atoms with Crippen LogP contribution in [0.2, 0.25) is 0 Å². The molecule has 0 rings (SSSR count). The average Bonchev–Trinajstić information content (AvgIpc) is 2.18. The van der Waals surface area contributed by atoms with Crippen LogP contribution >= 0.6 is 22.5 Å². The van der Waals surface area contributed by atoms with Gasteiger partial charge in [0.25, 0.3) is 0 Å². The molecular formula is C15H34O3S2Si. The van der Waals surface area contributed by atoms with Crippen LogP contribution in [0.5, 0.6) is 0 Å². The molecule has 128 valence electrons. The molecule has 2 unspecified atom stereocenters. The molecule has 0 aromatic carbocycles. The monoisotopic (exact) mass is 354 g/mol. The van der Waals surface area contributed by atoms with Crippen molar-refractivity contribution in [3.63, 3.8) is 0 Å². The van der Waals surface area contributed by atoms with Crippen molar-refractivity contribution in [1.29, 1.82) is 0 Å². The zero-order valence-electron chi connectivity index (χ0n) is 15.3. The van der Waals surface area contributed by atoms with Crippen LogP contribution in [-0.4, -0.2) is 44.3 Å². The Hall–Kier alpha value is 0.797. The van der Waals surface area contributed by atoms with E-state index in [4.69, 9.17) is 14.2 Å². The maximum absolute atomic E-state index is 6.26. The molecular weight excluding hydrogens is 320 g/mol. The zero-order chi connectivity index (χ0) is 17.1. The van der Waals surface area contributed by atoms with Gasteiger partial charge in [0.1, 0.15) is 6.10 Å². The minimum Gasteiger partial charge on any atom is -0.366 e. The molecule has 0 fully saturated rings. The molecule has 0 saturated heterocycles. The topological polar surface area (TPSA) is 27.7 Å². The second-order valence-corrected chi connectivity index (χ2v) is 12.0. The Morgan fingerprint density at radius 1 is 0.762 bits per heavy atom. The van der Waals surface area contributed by atoms with Crippen LogP contribution in [0.1, 0.15) is 62.3 Å². The number of hydrogen-bond acceptors (Lipinski definition) is 5. The summed E-state index contributed by atoms with van der Waals surface area (Å²) >= 11 is 4.38. The Balaban J connectivity index is 5.34. The maximum Gasteiger partial charge on any atom is 0.185 e. The summed E-state index contributed by atoms with van der Waals surface area (Å²) in [5.74, 6) is 0. The Bertz CT molecular complexity index is 290. The van der Waals surface area contributed by atoms with Gasteiger partial charge in [-0.25, -0.2) is 0 Å². The smallest absolute Gasteiger partial charge is 0.185 e. The van der Waals surface area contributed by atoms with Crippen LogP contribution < -0.4 is 0 Å². The van der Waals surface area contributed by atoms with Gasteiger partial charge in [-0.2, -0.15) is 0 Å². The summed E-state index contributed by atoms with van der Waals surface area (Å²) < 4.78 is 18.6. The van der Waals surface area contributed by atoms with Gasteiger partial charge in [-0.05, 0) is 62.3 Å². The van der Waals surface area contributed by atoms with Gasteiger partial charge >= 0.3 is 0 Å². The molecule has 6 heteroatoms. The third-order valence-electron chi connectivity index (χ3n) is 2.33. The normalized spacial score (nSPS) is 17.3. The van der Waals surface area contributed by atoms with Gasteiger partial charge < -0.3 is 14.2 Å². The van der Waals surface area contributed by atoms with Gasteiger partial charge in [-0.1, -0.05) is 10.8 Å². The summed E-state index contributed by atoms with van der Waals surface area (Å²) in [7, 11) is 2.47. The lowest BCUT2D eigenvalue weighted by molar-refractivity contribution is -0.284. The molecule has 0 aliphatic carbocycles. The van der Waals surface area contributed by atoms with E-state index >= 15 is 0 Å². The molecule has 0 aromatic rings. The van der Waals surface area contributed by atoms with Crippen LogP contribution in [0.3, 0.4) is 0 Å². The lowest BCUT2D eigenvalue weighted by Gasteiger charge is -2.41. The van der Waals surface area contributed by atoms with Crippen molar-refractivity contribution in [3.8, 4) is 0 Å². The minimum absolute atomic E-state index is 0.141. The van der Waals surface area contributed by atoms with Crippen LogP contribution in [-0.2, 0) is 14.2 Å². The predicted molar refractivity (Wildman–Crippen MR) is 100 cm³/mol. The molecule has 0 amide bonds. The molecule has 0 bridgehead atoms. The SMILES string of the molecule is CC(C)(C)OC(OC(C)(C)C)C(OC(C)(C)C)C([SiH3])SS. The van der Waals surface area contributed by atoms with E-state index in [-0.39, 0.29) is 27.8 Å². The molecule has 0 aliphatic heterocycles. The van der Waals surface area contributed by atoms with Crippen LogP contribution in [0.25, 0.3) is 0 Å². The predicted octanol–water partition coefficient (Wildman–Crippen LogP) is 3.40. The second kappa shape index (κ2) is 8.06. The van der Waals surface area contributed by atoms with Crippen LogP contribution in [0.15, 0.2) is 0 Å². The van der Waals surface area contributed by atoms with Crippen molar-refractivity contribution < 1.29 is 14.2 Å². The van der Waals surface area contributed by atoms with Crippen molar-refractivity contribution in [1.82, 2.24) is 0 Å². The molecule has 0 aromatic heterocycles. The van der Waals surface area contributed by atoms with Crippen molar-refractivity contribution >= 4 is 32.7 Å². The quantitative estimate of drug-likeness (QED) is 0.342. The number of ether oxygens (including phenoxy) is 3. The summed E-state index contributed by atoms with van der Waals surface area (Å²) in [6.07, 6.45) is -0.552. The van der Waals surface area contributed by atoms with Gasteiger partial charge in [-0.3, -0.25) is 0 Å². The lowest BCUT2D eigenvalue weighted by Crippen LogP contribution is -2.50. The van der Waals surface area contributed by atoms with Gasteiger partial charge in [-0.15, -0.1) is 11.7 Å². The van der Waals surface area contributed by atoms with Crippen LogP contribution in [0.4, 0.5) is 0 Å². The minimum atomic E-state index is -0.411. The fourth-order valence-corrected chi connectivity index (χ4v) is 2.81. The zero-order valence-corrected chi connectivity index (χ0v) is 19.0. The first kappa shape index (κ1) is 21.8.